The van der Waals surface area contributed by atoms with Crippen molar-refractivity contribution in [2.45, 2.75) is 38.0 Å². The van der Waals surface area contributed by atoms with Crippen LogP contribution in [0.2, 0.25) is 0 Å². The van der Waals surface area contributed by atoms with Crippen molar-refractivity contribution in [1.29, 1.82) is 0 Å². The molecule has 2 aliphatic heterocycles. The minimum atomic E-state index is 0.0425. The summed E-state index contributed by atoms with van der Waals surface area (Å²) in [5, 5.41) is 0. The Hall–Kier alpha value is -1.33. The Bertz CT molecular complexity index is 472. The zero-order valence-corrected chi connectivity index (χ0v) is 12.8. The van der Waals surface area contributed by atoms with E-state index in [9.17, 15) is 4.79 Å². The van der Waals surface area contributed by atoms with Crippen LogP contribution in [0.3, 0.4) is 0 Å². The van der Waals surface area contributed by atoms with Crippen LogP contribution in [0.1, 0.15) is 25.0 Å². The highest BCUT2D eigenvalue weighted by molar-refractivity contribution is 5.80. The third kappa shape index (κ3) is 3.30. The van der Waals surface area contributed by atoms with Crippen LogP contribution in [0, 0.1) is 5.92 Å². The summed E-state index contributed by atoms with van der Waals surface area (Å²) in [6, 6.07) is 3.79. The van der Waals surface area contributed by atoms with Crippen LogP contribution >= 0.6 is 0 Å². The lowest BCUT2D eigenvalue weighted by Crippen LogP contribution is -2.42. The first-order valence-electron chi connectivity index (χ1n) is 7.75. The van der Waals surface area contributed by atoms with E-state index < -0.39 is 0 Å². The number of furan rings is 1. The van der Waals surface area contributed by atoms with Gasteiger partial charge < -0.3 is 19.0 Å². The highest BCUT2D eigenvalue weighted by Crippen LogP contribution is 2.39. The number of likely N-dealkylation sites (N-methyl/N-ethyl adjacent to an activating group) is 1. The summed E-state index contributed by atoms with van der Waals surface area (Å²) in [4.78, 5) is 16.9. The summed E-state index contributed by atoms with van der Waals surface area (Å²) in [5.74, 6) is 1.10. The smallest absolute Gasteiger partial charge is 0.228 e. The van der Waals surface area contributed by atoms with Crippen molar-refractivity contribution < 1.29 is 13.9 Å². The number of ether oxygens (including phenoxy) is 1. The van der Waals surface area contributed by atoms with E-state index in [4.69, 9.17) is 9.15 Å². The summed E-state index contributed by atoms with van der Waals surface area (Å²) in [6.45, 7) is 2.13. The van der Waals surface area contributed by atoms with E-state index in [1.165, 1.54) is 0 Å². The molecule has 0 aromatic carbocycles. The molecule has 21 heavy (non-hydrogen) atoms. The molecule has 0 saturated carbocycles. The first kappa shape index (κ1) is 14.6. The minimum absolute atomic E-state index is 0.0425. The fraction of sp³-hybridized carbons (Fsp3) is 0.688. The molecule has 3 heterocycles. The van der Waals surface area contributed by atoms with Crippen molar-refractivity contribution in [3.63, 3.8) is 0 Å². The summed E-state index contributed by atoms with van der Waals surface area (Å²) < 4.78 is 11.2. The molecule has 0 radical (unpaired) electrons. The Morgan fingerprint density at radius 3 is 2.76 bits per heavy atom. The molecule has 0 N–H and O–H groups in total. The van der Waals surface area contributed by atoms with E-state index in [0.717, 1.165) is 38.1 Å². The van der Waals surface area contributed by atoms with Gasteiger partial charge in [0.05, 0.1) is 30.9 Å². The maximum absolute atomic E-state index is 12.9. The van der Waals surface area contributed by atoms with Crippen LogP contribution in [0.15, 0.2) is 22.8 Å². The zero-order valence-electron chi connectivity index (χ0n) is 12.8. The molecular formula is C16H24N2O3. The first-order valence-corrected chi connectivity index (χ1v) is 7.75. The first-order chi connectivity index (χ1) is 10.1. The minimum Gasteiger partial charge on any atom is -0.467 e. The fourth-order valence-electron chi connectivity index (χ4n) is 3.31. The van der Waals surface area contributed by atoms with Gasteiger partial charge in [0, 0.05) is 13.1 Å². The van der Waals surface area contributed by atoms with Crippen molar-refractivity contribution in [2.24, 2.45) is 5.92 Å². The van der Waals surface area contributed by atoms with Gasteiger partial charge in [0.25, 0.3) is 0 Å². The second kappa shape index (κ2) is 6.20. The molecule has 5 nitrogen and oxygen atoms in total. The lowest BCUT2D eigenvalue weighted by molar-refractivity contribution is -0.138. The Balaban J connectivity index is 1.66. The standard InChI is InChI=1S/C16H24N2O3/c1-17(2)7-8-18(11-13-4-3-9-20-13)16(19)14-10-12-5-6-15(14)21-12/h3-4,9,12,14-15H,5-8,10-11H2,1-2H3/t12-,14+,15-/m1/s1. The molecule has 1 amide bonds. The van der Waals surface area contributed by atoms with Crippen molar-refractivity contribution in [2.75, 3.05) is 27.2 Å². The summed E-state index contributed by atoms with van der Waals surface area (Å²) in [5.41, 5.74) is 0. The molecule has 2 aliphatic rings. The van der Waals surface area contributed by atoms with Gasteiger partial charge in [0.1, 0.15) is 5.76 Å². The highest BCUT2D eigenvalue weighted by atomic mass is 16.5. The Morgan fingerprint density at radius 1 is 1.33 bits per heavy atom. The summed E-state index contributed by atoms with van der Waals surface area (Å²) >= 11 is 0. The predicted molar refractivity (Wildman–Crippen MR) is 78.7 cm³/mol. The quantitative estimate of drug-likeness (QED) is 0.801. The van der Waals surface area contributed by atoms with E-state index >= 15 is 0 Å². The second-order valence-corrected chi connectivity index (χ2v) is 6.36. The number of fused-ring (bicyclic) bond motifs is 2. The number of rotatable bonds is 6. The van der Waals surface area contributed by atoms with E-state index in [0.29, 0.717) is 12.6 Å². The third-order valence-electron chi connectivity index (χ3n) is 4.48. The molecule has 116 valence electrons. The van der Waals surface area contributed by atoms with Crippen molar-refractivity contribution in [3.8, 4) is 0 Å². The van der Waals surface area contributed by atoms with Gasteiger partial charge in [-0.25, -0.2) is 0 Å². The van der Waals surface area contributed by atoms with Crippen LogP contribution in [0.5, 0.6) is 0 Å². The van der Waals surface area contributed by atoms with Gasteiger partial charge in [-0.15, -0.1) is 0 Å². The normalized spacial score (nSPS) is 27.5. The zero-order chi connectivity index (χ0) is 14.8. The molecule has 0 unspecified atom stereocenters. The van der Waals surface area contributed by atoms with E-state index in [1.54, 1.807) is 6.26 Å². The molecule has 1 aromatic heterocycles. The number of carbonyl (C=O) groups is 1. The van der Waals surface area contributed by atoms with E-state index in [-0.39, 0.29) is 17.9 Å². The SMILES string of the molecule is CN(C)CCN(Cc1ccco1)C(=O)[C@H]1C[C@H]2CC[C@H]1O2. The van der Waals surface area contributed by atoms with E-state index in [1.807, 2.05) is 31.1 Å². The molecule has 2 saturated heterocycles. The van der Waals surface area contributed by atoms with Crippen molar-refractivity contribution in [3.05, 3.63) is 24.2 Å². The topological polar surface area (TPSA) is 45.9 Å². The van der Waals surface area contributed by atoms with Crippen molar-refractivity contribution >= 4 is 5.91 Å². The monoisotopic (exact) mass is 292 g/mol. The average molecular weight is 292 g/mol. The average Bonchev–Trinajstić information content (AvgIpc) is 3.19. The molecular weight excluding hydrogens is 268 g/mol. The van der Waals surface area contributed by atoms with Gasteiger partial charge in [-0.05, 0) is 45.5 Å². The molecule has 3 atom stereocenters. The fourth-order valence-corrected chi connectivity index (χ4v) is 3.31. The molecule has 0 spiro atoms. The molecule has 2 bridgehead atoms. The highest BCUT2D eigenvalue weighted by Gasteiger charge is 2.45. The summed E-state index contributed by atoms with van der Waals surface area (Å²) in [6.07, 6.45) is 5.14. The number of nitrogens with zero attached hydrogens (tertiary/aromatic N) is 2. The maximum Gasteiger partial charge on any atom is 0.228 e. The number of amides is 1. The molecule has 5 heteroatoms. The lowest BCUT2D eigenvalue weighted by Gasteiger charge is -2.28. The Labute approximate surface area is 125 Å². The van der Waals surface area contributed by atoms with Gasteiger partial charge >= 0.3 is 0 Å². The lowest BCUT2D eigenvalue weighted by atomic mass is 9.88. The van der Waals surface area contributed by atoms with E-state index in [2.05, 4.69) is 4.90 Å². The molecule has 3 rings (SSSR count). The molecule has 2 fully saturated rings. The predicted octanol–water partition coefficient (Wildman–Crippen LogP) is 1.74. The number of hydrogen-bond donors (Lipinski definition) is 0. The third-order valence-corrected chi connectivity index (χ3v) is 4.48. The number of hydrogen-bond acceptors (Lipinski definition) is 4. The van der Waals surface area contributed by atoms with Crippen LogP contribution in [0.25, 0.3) is 0 Å². The van der Waals surface area contributed by atoms with Crippen molar-refractivity contribution in [1.82, 2.24) is 9.80 Å². The van der Waals surface area contributed by atoms with Gasteiger partial charge in [-0.2, -0.15) is 0 Å². The van der Waals surface area contributed by atoms with Gasteiger partial charge in [0.2, 0.25) is 5.91 Å². The number of carbonyl (C=O) groups excluding carboxylic acids is 1. The van der Waals surface area contributed by atoms with Crippen LogP contribution in [-0.4, -0.2) is 55.1 Å². The summed E-state index contributed by atoms with van der Waals surface area (Å²) in [7, 11) is 4.05. The van der Waals surface area contributed by atoms with Gasteiger partial charge in [-0.1, -0.05) is 0 Å². The molecule has 1 aromatic rings. The largest absolute Gasteiger partial charge is 0.467 e. The van der Waals surface area contributed by atoms with Gasteiger partial charge in [0.15, 0.2) is 0 Å². The van der Waals surface area contributed by atoms with Crippen LogP contribution in [0.4, 0.5) is 0 Å². The Kier molecular flexibility index (Phi) is 4.31. The van der Waals surface area contributed by atoms with Gasteiger partial charge in [-0.3, -0.25) is 4.79 Å². The second-order valence-electron chi connectivity index (χ2n) is 6.36. The maximum atomic E-state index is 12.9. The Morgan fingerprint density at radius 2 is 2.19 bits per heavy atom. The van der Waals surface area contributed by atoms with Crippen LogP contribution in [-0.2, 0) is 16.1 Å². The van der Waals surface area contributed by atoms with Crippen LogP contribution < -0.4 is 0 Å². The molecule has 0 aliphatic carbocycles.